The SMILES string of the molecule is CC[C@H](C)NC(=O)[C@@H](C)N(Cc1ccccc1Cl)C(=O)COc1cccc2ccccc12. The molecular weight excluding hydrogens is 424 g/mol. The molecule has 6 heteroatoms. The molecule has 2 amide bonds. The van der Waals surface area contributed by atoms with Gasteiger partial charge in [0.15, 0.2) is 6.61 Å². The van der Waals surface area contributed by atoms with Crippen LogP contribution in [0.25, 0.3) is 10.8 Å². The van der Waals surface area contributed by atoms with Gasteiger partial charge in [0.25, 0.3) is 5.91 Å². The number of carbonyl (C=O) groups excluding carboxylic acids is 2. The van der Waals surface area contributed by atoms with Crippen molar-refractivity contribution in [3.8, 4) is 5.75 Å². The fourth-order valence-corrected chi connectivity index (χ4v) is 3.60. The summed E-state index contributed by atoms with van der Waals surface area (Å²) in [6.45, 7) is 5.70. The summed E-state index contributed by atoms with van der Waals surface area (Å²) in [5, 5.41) is 5.47. The van der Waals surface area contributed by atoms with E-state index in [-0.39, 0.29) is 31.0 Å². The van der Waals surface area contributed by atoms with Crippen LogP contribution in [0.5, 0.6) is 5.75 Å². The van der Waals surface area contributed by atoms with Crippen molar-refractivity contribution in [1.82, 2.24) is 10.2 Å². The van der Waals surface area contributed by atoms with Gasteiger partial charge in [-0.25, -0.2) is 0 Å². The van der Waals surface area contributed by atoms with E-state index in [2.05, 4.69) is 5.32 Å². The minimum atomic E-state index is -0.677. The van der Waals surface area contributed by atoms with Gasteiger partial charge in [-0.15, -0.1) is 0 Å². The number of hydrogen-bond acceptors (Lipinski definition) is 3. The molecule has 2 atom stereocenters. The molecule has 1 N–H and O–H groups in total. The zero-order valence-electron chi connectivity index (χ0n) is 18.7. The molecule has 0 saturated heterocycles. The summed E-state index contributed by atoms with van der Waals surface area (Å²) < 4.78 is 5.91. The smallest absolute Gasteiger partial charge is 0.261 e. The monoisotopic (exact) mass is 452 g/mol. The second-order valence-electron chi connectivity index (χ2n) is 7.87. The average Bonchev–Trinajstić information content (AvgIpc) is 2.81. The first-order chi connectivity index (χ1) is 15.4. The van der Waals surface area contributed by atoms with Crippen molar-refractivity contribution in [2.45, 2.75) is 45.8 Å². The molecule has 3 aromatic rings. The van der Waals surface area contributed by atoms with Gasteiger partial charge in [-0.05, 0) is 43.4 Å². The molecule has 0 bridgehead atoms. The van der Waals surface area contributed by atoms with Crippen molar-refractivity contribution in [2.75, 3.05) is 6.61 Å². The molecule has 0 aliphatic heterocycles. The van der Waals surface area contributed by atoms with Crippen LogP contribution < -0.4 is 10.1 Å². The summed E-state index contributed by atoms with van der Waals surface area (Å²) in [5.74, 6) is 0.139. The third-order valence-electron chi connectivity index (χ3n) is 5.57. The summed E-state index contributed by atoms with van der Waals surface area (Å²) >= 11 is 6.33. The molecule has 0 aliphatic carbocycles. The van der Waals surface area contributed by atoms with Gasteiger partial charge < -0.3 is 15.0 Å². The molecule has 0 radical (unpaired) electrons. The second kappa shape index (κ2) is 11.0. The van der Waals surface area contributed by atoms with E-state index in [4.69, 9.17) is 16.3 Å². The molecule has 0 unspecified atom stereocenters. The highest BCUT2D eigenvalue weighted by molar-refractivity contribution is 6.31. The maximum Gasteiger partial charge on any atom is 0.261 e. The average molecular weight is 453 g/mol. The Morgan fingerprint density at radius 3 is 2.44 bits per heavy atom. The van der Waals surface area contributed by atoms with E-state index in [9.17, 15) is 9.59 Å². The van der Waals surface area contributed by atoms with Gasteiger partial charge in [-0.2, -0.15) is 0 Å². The van der Waals surface area contributed by atoms with E-state index in [1.807, 2.05) is 74.5 Å². The molecule has 0 aliphatic rings. The van der Waals surface area contributed by atoms with Crippen LogP contribution in [-0.4, -0.2) is 35.4 Å². The first-order valence-corrected chi connectivity index (χ1v) is 11.2. The van der Waals surface area contributed by atoms with E-state index in [1.165, 1.54) is 4.90 Å². The highest BCUT2D eigenvalue weighted by atomic mass is 35.5. The molecule has 0 heterocycles. The summed E-state index contributed by atoms with van der Waals surface area (Å²) in [4.78, 5) is 27.6. The Morgan fingerprint density at radius 2 is 1.69 bits per heavy atom. The predicted molar refractivity (Wildman–Crippen MR) is 129 cm³/mol. The van der Waals surface area contributed by atoms with Crippen LogP contribution in [0, 0.1) is 0 Å². The van der Waals surface area contributed by atoms with Crippen molar-refractivity contribution in [1.29, 1.82) is 0 Å². The standard InChI is InChI=1S/C26H29ClN2O3/c1-4-18(2)28-26(31)19(3)29(16-21-11-6-8-14-23(21)27)25(30)17-32-24-15-9-12-20-10-5-7-13-22(20)24/h5-15,18-19H,4,16-17H2,1-3H3,(H,28,31)/t18-,19+/m0/s1. The lowest BCUT2D eigenvalue weighted by atomic mass is 10.1. The molecule has 5 nitrogen and oxygen atoms in total. The second-order valence-corrected chi connectivity index (χ2v) is 8.28. The maximum atomic E-state index is 13.2. The highest BCUT2D eigenvalue weighted by Gasteiger charge is 2.27. The van der Waals surface area contributed by atoms with E-state index in [1.54, 1.807) is 13.0 Å². The number of amides is 2. The third-order valence-corrected chi connectivity index (χ3v) is 5.94. The lowest BCUT2D eigenvalue weighted by molar-refractivity contribution is -0.142. The van der Waals surface area contributed by atoms with E-state index < -0.39 is 6.04 Å². The van der Waals surface area contributed by atoms with Crippen LogP contribution in [0.1, 0.15) is 32.8 Å². The first kappa shape index (κ1) is 23.6. The minimum Gasteiger partial charge on any atom is -0.483 e. The third kappa shape index (κ3) is 5.80. The van der Waals surface area contributed by atoms with Gasteiger partial charge in [0, 0.05) is 23.0 Å². The number of carbonyl (C=O) groups is 2. The van der Waals surface area contributed by atoms with E-state index in [0.717, 1.165) is 22.8 Å². The summed E-state index contributed by atoms with van der Waals surface area (Å²) in [6, 6.07) is 20.2. The number of ether oxygens (including phenoxy) is 1. The van der Waals surface area contributed by atoms with E-state index in [0.29, 0.717) is 10.8 Å². The largest absolute Gasteiger partial charge is 0.483 e. The van der Waals surface area contributed by atoms with Crippen molar-refractivity contribution in [2.24, 2.45) is 0 Å². The predicted octanol–water partition coefficient (Wildman–Crippen LogP) is 5.20. The summed E-state index contributed by atoms with van der Waals surface area (Å²) in [7, 11) is 0. The van der Waals surface area contributed by atoms with Gasteiger partial charge >= 0.3 is 0 Å². The molecule has 0 spiro atoms. The van der Waals surface area contributed by atoms with Gasteiger partial charge in [0.1, 0.15) is 11.8 Å². The highest BCUT2D eigenvalue weighted by Crippen LogP contribution is 2.25. The summed E-state index contributed by atoms with van der Waals surface area (Å²) in [5.41, 5.74) is 0.774. The Balaban J connectivity index is 1.80. The number of nitrogens with one attached hydrogen (secondary N) is 1. The van der Waals surface area contributed by atoms with Crippen LogP contribution >= 0.6 is 11.6 Å². The maximum absolute atomic E-state index is 13.2. The lowest BCUT2D eigenvalue weighted by Gasteiger charge is -2.30. The number of rotatable bonds is 9. The van der Waals surface area contributed by atoms with Crippen LogP contribution in [0.15, 0.2) is 66.7 Å². The van der Waals surface area contributed by atoms with Crippen LogP contribution in [0.4, 0.5) is 0 Å². The molecule has 3 aromatic carbocycles. The van der Waals surface area contributed by atoms with Crippen molar-refractivity contribution in [3.63, 3.8) is 0 Å². The minimum absolute atomic E-state index is 0.0224. The Hall–Kier alpha value is -3.05. The number of benzene rings is 3. The van der Waals surface area contributed by atoms with Gasteiger partial charge in [-0.1, -0.05) is 73.1 Å². The van der Waals surface area contributed by atoms with Gasteiger partial charge in [0.2, 0.25) is 5.91 Å². The Labute approximate surface area is 194 Å². The summed E-state index contributed by atoms with van der Waals surface area (Å²) in [6.07, 6.45) is 0.807. The van der Waals surface area contributed by atoms with Gasteiger partial charge in [-0.3, -0.25) is 9.59 Å². The molecule has 0 saturated carbocycles. The molecule has 168 valence electrons. The fourth-order valence-electron chi connectivity index (χ4n) is 3.40. The zero-order chi connectivity index (χ0) is 23.1. The molecule has 32 heavy (non-hydrogen) atoms. The van der Waals surface area contributed by atoms with Gasteiger partial charge in [0.05, 0.1) is 0 Å². The normalized spacial score (nSPS) is 12.8. The topological polar surface area (TPSA) is 58.6 Å². The fraction of sp³-hybridized carbons (Fsp3) is 0.308. The Morgan fingerprint density at radius 1 is 1.00 bits per heavy atom. The number of halogens is 1. The number of hydrogen-bond donors (Lipinski definition) is 1. The molecule has 3 rings (SSSR count). The van der Waals surface area contributed by atoms with E-state index >= 15 is 0 Å². The van der Waals surface area contributed by atoms with Crippen molar-refractivity contribution >= 4 is 34.2 Å². The lowest BCUT2D eigenvalue weighted by Crippen LogP contribution is -2.50. The molecule has 0 fully saturated rings. The molecular formula is C26H29ClN2O3. The van der Waals surface area contributed by atoms with Crippen molar-refractivity contribution in [3.05, 3.63) is 77.3 Å². The number of fused-ring (bicyclic) bond motifs is 1. The van der Waals surface area contributed by atoms with Crippen molar-refractivity contribution < 1.29 is 14.3 Å². The zero-order valence-corrected chi connectivity index (χ0v) is 19.4. The quantitative estimate of drug-likeness (QED) is 0.485. The number of nitrogens with zero attached hydrogens (tertiary/aromatic N) is 1. The van der Waals surface area contributed by atoms with Crippen LogP contribution in [0.3, 0.4) is 0 Å². The first-order valence-electron chi connectivity index (χ1n) is 10.8. The molecule has 0 aromatic heterocycles. The van der Waals surface area contributed by atoms with Crippen LogP contribution in [-0.2, 0) is 16.1 Å². The van der Waals surface area contributed by atoms with Crippen LogP contribution in [0.2, 0.25) is 5.02 Å². The Kier molecular flexibility index (Phi) is 8.12. The Bertz CT molecular complexity index is 1080.